The van der Waals surface area contributed by atoms with Gasteiger partial charge in [0.15, 0.2) is 0 Å². The van der Waals surface area contributed by atoms with Crippen LogP contribution in [0.25, 0.3) is 0 Å². The Morgan fingerprint density at radius 3 is 2.39 bits per heavy atom. The first-order chi connectivity index (χ1) is 8.69. The minimum atomic E-state index is 0.275. The van der Waals surface area contributed by atoms with Gasteiger partial charge in [-0.25, -0.2) is 0 Å². The van der Waals surface area contributed by atoms with E-state index < -0.39 is 0 Å². The summed E-state index contributed by atoms with van der Waals surface area (Å²) in [4.78, 5) is 0. The lowest BCUT2D eigenvalue weighted by molar-refractivity contribution is 0.435. The van der Waals surface area contributed by atoms with Gasteiger partial charge >= 0.3 is 0 Å². The van der Waals surface area contributed by atoms with Crippen molar-refractivity contribution in [2.45, 2.75) is 32.9 Å². The highest BCUT2D eigenvalue weighted by molar-refractivity contribution is 6.30. The molecule has 96 valence electrons. The van der Waals surface area contributed by atoms with Gasteiger partial charge in [-0.05, 0) is 36.8 Å². The molecule has 0 aliphatic heterocycles. The number of halogens is 1. The molecule has 2 nitrogen and oxygen atoms in total. The third-order valence-corrected chi connectivity index (χ3v) is 3.27. The SMILES string of the molecule is CCc1ccc(CNC(C)c2ccc(Cl)cc2)o1. The highest BCUT2D eigenvalue weighted by atomic mass is 35.5. The van der Waals surface area contributed by atoms with Gasteiger partial charge in [0, 0.05) is 17.5 Å². The molecule has 0 saturated carbocycles. The van der Waals surface area contributed by atoms with Gasteiger partial charge < -0.3 is 9.73 Å². The summed E-state index contributed by atoms with van der Waals surface area (Å²) in [5.41, 5.74) is 1.22. The van der Waals surface area contributed by atoms with Gasteiger partial charge in [-0.15, -0.1) is 0 Å². The molecular weight excluding hydrogens is 246 g/mol. The van der Waals surface area contributed by atoms with Crippen molar-refractivity contribution in [2.24, 2.45) is 0 Å². The Bertz CT molecular complexity index is 489. The molecule has 1 unspecified atom stereocenters. The molecule has 2 aromatic rings. The van der Waals surface area contributed by atoms with E-state index in [0.29, 0.717) is 0 Å². The lowest BCUT2D eigenvalue weighted by Gasteiger charge is -2.13. The Morgan fingerprint density at radius 2 is 1.78 bits per heavy atom. The number of hydrogen-bond acceptors (Lipinski definition) is 2. The Labute approximate surface area is 113 Å². The van der Waals surface area contributed by atoms with E-state index in [1.54, 1.807) is 0 Å². The highest BCUT2D eigenvalue weighted by Gasteiger charge is 2.06. The van der Waals surface area contributed by atoms with E-state index in [2.05, 4.69) is 19.2 Å². The summed E-state index contributed by atoms with van der Waals surface area (Å²) in [7, 11) is 0. The number of nitrogens with one attached hydrogen (secondary N) is 1. The molecule has 0 aliphatic carbocycles. The van der Waals surface area contributed by atoms with Gasteiger partial charge in [-0.1, -0.05) is 30.7 Å². The predicted molar refractivity (Wildman–Crippen MR) is 74.8 cm³/mol. The molecular formula is C15H18ClNO. The van der Waals surface area contributed by atoms with Crippen LogP contribution in [0.15, 0.2) is 40.8 Å². The topological polar surface area (TPSA) is 25.2 Å². The molecule has 1 N–H and O–H groups in total. The Hall–Kier alpha value is -1.25. The van der Waals surface area contributed by atoms with Crippen LogP contribution in [0.5, 0.6) is 0 Å². The largest absolute Gasteiger partial charge is 0.465 e. The number of aryl methyl sites for hydroxylation is 1. The zero-order valence-corrected chi connectivity index (χ0v) is 11.5. The second-order valence-corrected chi connectivity index (χ2v) is 4.81. The van der Waals surface area contributed by atoms with Gasteiger partial charge in [0.25, 0.3) is 0 Å². The lowest BCUT2D eigenvalue weighted by atomic mass is 10.1. The maximum atomic E-state index is 5.87. The van der Waals surface area contributed by atoms with Crippen molar-refractivity contribution >= 4 is 11.6 Å². The van der Waals surface area contributed by atoms with Crippen molar-refractivity contribution in [1.29, 1.82) is 0 Å². The summed E-state index contributed by atoms with van der Waals surface area (Å²) >= 11 is 5.87. The smallest absolute Gasteiger partial charge is 0.117 e. The first kappa shape index (κ1) is 13.2. The van der Waals surface area contributed by atoms with E-state index in [9.17, 15) is 0 Å². The molecule has 2 rings (SSSR count). The van der Waals surface area contributed by atoms with Crippen LogP contribution in [0, 0.1) is 0 Å². The standard InChI is InChI=1S/C15H18ClNO/c1-3-14-8-9-15(18-14)10-17-11(2)12-4-6-13(16)7-5-12/h4-9,11,17H,3,10H2,1-2H3. The number of rotatable bonds is 5. The van der Waals surface area contributed by atoms with Gasteiger partial charge in [0.1, 0.15) is 11.5 Å². The number of benzene rings is 1. The lowest BCUT2D eigenvalue weighted by Crippen LogP contribution is -2.17. The van der Waals surface area contributed by atoms with Crippen molar-refractivity contribution in [3.63, 3.8) is 0 Å². The maximum absolute atomic E-state index is 5.87. The maximum Gasteiger partial charge on any atom is 0.117 e. The minimum Gasteiger partial charge on any atom is -0.465 e. The third-order valence-electron chi connectivity index (χ3n) is 3.02. The summed E-state index contributed by atoms with van der Waals surface area (Å²) in [6.07, 6.45) is 0.937. The van der Waals surface area contributed by atoms with E-state index in [4.69, 9.17) is 16.0 Å². The van der Waals surface area contributed by atoms with E-state index in [1.165, 1.54) is 5.56 Å². The van der Waals surface area contributed by atoms with Gasteiger partial charge in [0.05, 0.1) is 6.54 Å². The van der Waals surface area contributed by atoms with Gasteiger partial charge in [-0.3, -0.25) is 0 Å². The molecule has 3 heteroatoms. The van der Waals surface area contributed by atoms with Crippen molar-refractivity contribution in [1.82, 2.24) is 5.32 Å². The molecule has 0 bridgehead atoms. The van der Waals surface area contributed by atoms with Crippen molar-refractivity contribution in [3.05, 3.63) is 58.5 Å². The van der Waals surface area contributed by atoms with Gasteiger partial charge in [-0.2, -0.15) is 0 Å². The first-order valence-electron chi connectivity index (χ1n) is 6.25. The van der Waals surface area contributed by atoms with Crippen LogP contribution in [0.2, 0.25) is 5.02 Å². The summed E-state index contributed by atoms with van der Waals surface area (Å²) < 4.78 is 5.65. The average molecular weight is 264 g/mol. The van der Waals surface area contributed by atoms with Crippen LogP contribution in [0.1, 0.15) is 37.0 Å². The van der Waals surface area contributed by atoms with Crippen LogP contribution in [-0.2, 0) is 13.0 Å². The molecule has 1 aromatic carbocycles. The monoisotopic (exact) mass is 263 g/mol. The Morgan fingerprint density at radius 1 is 1.11 bits per heavy atom. The van der Waals surface area contributed by atoms with Crippen molar-refractivity contribution in [3.8, 4) is 0 Å². The molecule has 0 spiro atoms. The molecule has 1 aromatic heterocycles. The minimum absolute atomic E-state index is 0.275. The fourth-order valence-corrected chi connectivity index (χ4v) is 1.96. The zero-order chi connectivity index (χ0) is 13.0. The molecule has 0 radical (unpaired) electrons. The van der Waals surface area contributed by atoms with E-state index in [-0.39, 0.29) is 6.04 Å². The number of hydrogen-bond donors (Lipinski definition) is 1. The zero-order valence-electron chi connectivity index (χ0n) is 10.7. The van der Waals surface area contributed by atoms with Crippen molar-refractivity contribution in [2.75, 3.05) is 0 Å². The second-order valence-electron chi connectivity index (χ2n) is 4.38. The quantitative estimate of drug-likeness (QED) is 0.868. The Balaban J connectivity index is 1.91. The molecule has 0 fully saturated rings. The average Bonchev–Trinajstić information content (AvgIpc) is 2.85. The van der Waals surface area contributed by atoms with Crippen LogP contribution in [0.4, 0.5) is 0 Å². The molecule has 1 atom stereocenters. The van der Waals surface area contributed by atoms with E-state index >= 15 is 0 Å². The van der Waals surface area contributed by atoms with Crippen LogP contribution in [0.3, 0.4) is 0 Å². The summed E-state index contributed by atoms with van der Waals surface area (Å²) in [5, 5.41) is 4.20. The third kappa shape index (κ3) is 3.37. The molecule has 1 heterocycles. The Kier molecular flexibility index (Phi) is 4.45. The van der Waals surface area contributed by atoms with E-state index in [0.717, 1.165) is 29.5 Å². The van der Waals surface area contributed by atoms with Crippen LogP contribution >= 0.6 is 11.6 Å². The molecule has 0 amide bonds. The van der Waals surface area contributed by atoms with Crippen molar-refractivity contribution < 1.29 is 4.42 Å². The molecule has 0 aliphatic rings. The molecule has 0 saturated heterocycles. The fourth-order valence-electron chi connectivity index (χ4n) is 1.83. The van der Waals surface area contributed by atoms with E-state index in [1.807, 2.05) is 36.4 Å². The second kappa shape index (κ2) is 6.07. The summed E-state index contributed by atoms with van der Waals surface area (Å²) in [5.74, 6) is 2.01. The summed E-state index contributed by atoms with van der Waals surface area (Å²) in [6, 6.07) is 12.2. The fraction of sp³-hybridized carbons (Fsp3) is 0.333. The normalized spacial score (nSPS) is 12.6. The van der Waals surface area contributed by atoms with Gasteiger partial charge in [0.2, 0.25) is 0 Å². The van der Waals surface area contributed by atoms with Crippen LogP contribution in [-0.4, -0.2) is 0 Å². The summed E-state index contributed by atoms with van der Waals surface area (Å²) in [6.45, 7) is 4.96. The van der Waals surface area contributed by atoms with Crippen LogP contribution < -0.4 is 5.32 Å². The number of furan rings is 1. The predicted octanol–water partition coefficient (Wildman–Crippen LogP) is 4.35. The first-order valence-corrected chi connectivity index (χ1v) is 6.63. The molecule has 18 heavy (non-hydrogen) atoms. The highest BCUT2D eigenvalue weighted by Crippen LogP contribution is 2.17.